The number of amides is 1. The molecule has 0 heterocycles. The molecule has 1 amide bonds. The minimum atomic E-state index is -1.14. The van der Waals surface area contributed by atoms with Gasteiger partial charge in [-0.3, -0.25) is 4.79 Å². The minimum absolute atomic E-state index is 0.190. The first-order valence-corrected chi connectivity index (χ1v) is 7.12. The van der Waals surface area contributed by atoms with Crippen LogP contribution in [-0.2, 0) is 20.7 Å². The van der Waals surface area contributed by atoms with Crippen molar-refractivity contribution in [2.24, 2.45) is 5.92 Å². The van der Waals surface area contributed by atoms with Gasteiger partial charge in [0.2, 0.25) is 6.41 Å². The van der Waals surface area contributed by atoms with Crippen LogP contribution in [0.3, 0.4) is 0 Å². The van der Waals surface area contributed by atoms with Gasteiger partial charge in [0, 0.05) is 0 Å². The molecule has 1 aromatic carbocycles. The molecule has 0 aliphatic heterocycles. The van der Waals surface area contributed by atoms with Gasteiger partial charge in [-0.05, 0) is 30.4 Å². The fourth-order valence-corrected chi connectivity index (χ4v) is 2.11. The van der Waals surface area contributed by atoms with Crippen LogP contribution in [0.25, 0.3) is 0 Å². The fraction of sp³-hybridized carbons (Fsp3) is 0.500. The third-order valence-corrected chi connectivity index (χ3v) is 3.07. The Morgan fingerprint density at radius 2 is 1.95 bits per heavy atom. The number of benzene rings is 1. The first-order chi connectivity index (χ1) is 9.99. The quantitative estimate of drug-likeness (QED) is 0.564. The predicted octanol–water partition coefficient (Wildman–Crippen LogP) is 1.60. The Kier molecular flexibility index (Phi) is 6.88. The highest BCUT2D eigenvalue weighted by Crippen LogP contribution is 2.19. The van der Waals surface area contributed by atoms with Crippen molar-refractivity contribution in [2.45, 2.75) is 39.3 Å². The van der Waals surface area contributed by atoms with Crippen LogP contribution in [0.5, 0.6) is 0 Å². The molecule has 0 aliphatic rings. The zero-order valence-corrected chi connectivity index (χ0v) is 12.7. The molecule has 0 aliphatic carbocycles. The average Bonchev–Trinajstić information content (AvgIpc) is 2.44. The highest BCUT2D eigenvalue weighted by Gasteiger charge is 2.28. The molecule has 0 radical (unpaired) electrons. The molecule has 0 bridgehead atoms. The summed E-state index contributed by atoms with van der Waals surface area (Å²) in [6.07, 6.45) is 0.199. The standard InChI is InChI=1S/C16H23NO4/c1-4-21-16(20)14(17-10-18)15(19)13-7-5-12(6-8-13)9-11(2)3/h5-8,10-11,14-15,19H,4,9H2,1-3H3,(H,17,18). The normalized spacial score (nSPS) is 13.6. The van der Waals surface area contributed by atoms with Crippen LogP contribution >= 0.6 is 0 Å². The van der Waals surface area contributed by atoms with Crippen molar-refractivity contribution in [3.05, 3.63) is 35.4 Å². The molecular formula is C16H23NO4. The summed E-state index contributed by atoms with van der Waals surface area (Å²) in [4.78, 5) is 22.4. The number of esters is 1. The maximum absolute atomic E-state index is 11.8. The molecule has 2 N–H and O–H groups in total. The summed E-state index contributed by atoms with van der Waals surface area (Å²) < 4.78 is 4.86. The summed E-state index contributed by atoms with van der Waals surface area (Å²) >= 11 is 0. The van der Waals surface area contributed by atoms with E-state index in [1.54, 1.807) is 19.1 Å². The molecule has 1 rings (SSSR count). The lowest BCUT2D eigenvalue weighted by Crippen LogP contribution is -2.42. The molecule has 0 fully saturated rings. The van der Waals surface area contributed by atoms with Gasteiger partial charge >= 0.3 is 5.97 Å². The summed E-state index contributed by atoms with van der Waals surface area (Å²) in [6, 6.07) is 6.27. The molecule has 0 saturated carbocycles. The first kappa shape index (κ1) is 17.2. The number of nitrogens with one attached hydrogen (secondary N) is 1. The van der Waals surface area contributed by atoms with Gasteiger partial charge in [-0.15, -0.1) is 0 Å². The molecular weight excluding hydrogens is 270 g/mol. The summed E-state index contributed by atoms with van der Waals surface area (Å²) in [5, 5.41) is 12.6. The van der Waals surface area contributed by atoms with E-state index in [-0.39, 0.29) is 6.61 Å². The molecule has 2 unspecified atom stereocenters. The van der Waals surface area contributed by atoms with Crippen LogP contribution in [0.2, 0.25) is 0 Å². The lowest BCUT2D eigenvalue weighted by Gasteiger charge is -2.21. The van der Waals surface area contributed by atoms with E-state index in [2.05, 4.69) is 19.2 Å². The van der Waals surface area contributed by atoms with Gasteiger partial charge < -0.3 is 15.2 Å². The fourth-order valence-electron chi connectivity index (χ4n) is 2.11. The Balaban J connectivity index is 2.85. The molecule has 5 heteroatoms. The monoisotopic (exact) mass is 293 g/mol. The summed E-state index contributed by atoms with van der Waals surface area (Å²) in [5.41, 5.74) is 1.73. The average molecular weight is 293 g/mol. The number of carbonyl (C=O) groups is 2. The molecule has 0 spiro atoms. The number of aliphatic hydroxyl groups is 1. The maximum Gasteiger partial charge on any atom is 0.331 e. The van der Waals surface area contributed by atoms with Crippen molar-refractivity contribution in [3.63, 3.8) is 0 Å². The number of carbonyl (C=O) groups excluding carboxylic acids is 2. The van der Waals surface area contributed by atoms with E-state index in [0.717, 1.165) is 12.0 Å². The van der Waals surface area contributed by atoms with Crippen LogP contribution in [0, 0.1) is 5.92 Å². The van der Waals surface area contributed by atoms with Crippen LogP contribution in [0.15, 0.2) is 24.3 Å². The Labute approximate surface area is 125 Å². The van der Waals surface area contributed by atoms with E-state index in [4.69, 9.17) is 4.74 Å². The SMILES string of the molecule is CCOC(=O)C(NC=O)C(O)c1ccc(CC(C)C)cc1. The summed E-state index contributed by atoms with van der Waals surface area (Å²) in [6.45, 7) is 6.12. The largest absolute Gasteiger partial charge is 0.464 e. The number of ether oxygens (including phenoxy) is 1. The van der Waals surface area contributed by atoms with Gasteiger partial charge in [-0.25, -0.2) is 4.79 Å². The van der Waals surface area contributed by atoms with Gasteiger partial charge in [0.05, 0.1) is 6.61 Å². The van der Waals surface area contributed by atoms with Crippen molar-refractivity contribution in [2.75, 3.05) is 6.61 Å². The lowest BCUT2D eigenvalue weighted by atomic mass is 9.97. The van der Waals surface area contributed by atoms with Crippen molar-refractivity contribution >= 4 is 12.4 Å². The lowest BCUT2D eigenvalue weighted by molar-refractivity contribution is -0.149. The van der Waals surface area contributed by atoms with E-state index < -0.39 is 18.1 Å². The van der Waals surface area contributed by atoms with Gasteiger partial charge in [0.15, 0.2) is 6.04 Å². The Morgan fingerprint density at radius 1 is 1.33 bits per heavy atom. The molecule has 1 aromatic rings. The zero-order chi connectivity index (χ0) is 15.8. The molecule has 5 nitrogen and oxygen atoms in total. The highest BCUT2D eigenvalue weighted by molar-refractivity contribution is 5.79. The predicted molar refractivity (Wildman–Crippen MR) is 79.6 cm³/mol. The second kappa shape index (κ2) is 8.42. The zero-order valence-electron chi connectivity index (χ0n) is 12.7. The number of rotatable bonds is 8. The van der Waals surface area contributed by atoms with Crippen LogP contribution in [0.1, 0.15) is 38.0 Å². The third-order valence-electron chi connectivity index (χ3n) is 3.07. The first-order valence-electron chi connectivity index (χ1n) is 7.12. The van der Waals surface area contributed by atoms with E-state index in [0.29, 0.717) is 17.9 Å². The molecule has 21 heavy (non-hydrogen) atoms. The molecule has 0 aromatic heterocycles. The van der Waals surface area contributed by atoms with Crippen LogP contribution in [-0.4, -0.2) is 30.1 Å². The van der Waals surface area contributed by atoms with Crippen LogP contribution in [0.4, 0.5) is 0 Å². The summed E-state index contributed by atoms with van der Waals surface area (Å²) in [7, 11) is 0. The van der Waals surface area contributed by atoms with Gasteiger partial charge in [0.1, 0.15) is 6.10 Å². The number of hydrogen-bond donors (Lipinski definition) is 2. The number of hydrogen-bond acceptors (Lipinski definition) is 4. The van der Waals surface area contributed by atoms with Gasteiger partial charge in [0.25, 0.3) is 0 Å². The Bertz CT molecular complexity index is 456. The van der Waals surface area contributed by atoms with Crippen molar-refractivity contribution in [3.8, 4) is 0 Å². The second-order valence-electron chi connectivity index (χ2n) is 5.30. The second-order valence-corrected chi connectivity index (χ2v) is 5.30. The van der Waals surface area contributed by atoms with Crippen LogP contribution < -0.4 is 5.32 Å². The smallest absolute Gasteiger partial charge is 0.331 e. The summed E-state index contributed by atoms with van der Waals surface area (Å²) in [5.74, 6) is -0.104. The third kappa shape index (κ3) is 5.19. The Hall–Kier alpha value is -1.88. The van der Waals surface area contributed by atoms with E-state index in [1.165, 1.54) is 0 Å². The highest BCUT2D eigenvalue weighted by atomic mass is 16.5. The molecule has 2 atom stereocenters. The van der Waals surface area contributed by atoms with Crippen molar-refractivity contribution < 1.29 is 19.4 Å². The molecule has 0 saturated heterocycles. The van der Waals surface area contributed by atoms with Gasteiger partial charge in [-0.2, -0.15) is 0 Å². The van der Waals surface area contributed by atoms with E-state index in [1.807, 2.05) is 12.1 Å². The maximum atomic E-state index is 11.8. The molecule has 116 valence electrons. The topological polar surface area (TPSA) is 75.6 Å². The van der Waals surface area contributed by atoms with Crippen molar-refractivity contribution in [1.29, 1.82) is 0 Å². The van der Waals surface area contributed by atoms with Crippen molar-refractivity contribution in [1.82, 2.24) is 5.32 Å². The van der Waals surface area contributed by atoms with E-state index >= 15 is 0 Å². The minimum Gasteiger partial charge on any atom is -0.464 e. The van der Waals surface area contributed by atoms with E-state index in [9.17, 15) is 14.7 Å². The number of aliphatic hydroxyl groups excluding tert-OH is 1. The Morgan fingerprint density at radius 3 is 2.43 bits per heavy atom. The van der Waals surface area contributed by atoms with Gasteiger partial charge in [-0.1, -0.05) is 38.1 Å².